The summed E-state index contributed by atoms with van der Waals surface area (Å²) in [6.07, 6.45) is 1.96. The molecule has 4 heteroatoms. The number of carbonyl (C=O) groups excluding carboxylic acids is 1. The van der Waals surface area contributed by atoms with Gasteiger partial charge in [0.2, 0.25) is 5.91 Å². The van der Waals surface area contributed by atoms with Gasteiger partial charge in [0.25, 0.3) is 0 Å². The lowest BCUT2D eigenvalue weighted by atomic mass is 10.1. The first kappa shape index (κ1) is 16.2. The molecule has 1 aliphatic rings. The number of aryl methyl sites for hydroxylation is 2. The molecule has 2 aromatic rings. The fraction of sp³-hybridized carbons (Fsp3) is 0.421. The molecular weight excluding hydrogens is 304 g/mol. The van der Waals surface area contributed by atoms with Crippen LogP contribution in [0.5, 0.6) is 0 Å². The summed E-state index contributed by atoms with van der Waals surface area (Å²) in [5.41, 5.74) is 2.31. The van der Waals surface area contributed by atoms with Crippen molar-refractivity contribution in [3.8, 4) is 0 Å². The van der Waals surface area contributed by atoms with Crippen LogP contribution in [0.25, 0.3) is 0 Å². The standard InChI is InChI=1S/C19H24N2OS/c1-3-15-5-7-17(8-6-15)21(13-18-9-4-14(2)23-18)19(22)16-10-11-20-12-16/h4-9,16,20H,3,10-13H2,1-2H3. The minimum atomic E-state index is 0.0990. The largest absolute Gasteiger partial charge is 0.316 e. The molecule has 2 heterocycles. The second-order valence-electron chi connectivity index (χ2n) is 6.15. The van der Waals surface area contributed by atoms with Crippen molar-refractivity contribution in [2.75, 3.05) is 18.0 Å². The number of hydrogen-bond donors (Lipinski definition) is 1. The van der Waals surface area contributed by atoms with E-state index in [1.807, 2.05) is 4.90 Å². The van der Waals surface area contributed by atoms with Gasteiger partial charge in [-0.1, -0.05) is 19.1 Å². The van der Waals surface area contributed by atoms with Crippen LogP contribution in [0.3, 0.4) is 0 Å². The van der Waals surface area contributed by atoms with Gasteiger partial charge in [0.05, 0.1) is 12.5 Å². The molecular formula is C19H24N2OS. The molecule has 0 bridgehead atoms. The Morgan fingerprint density at radius 1 is 1.26 bits per heavy atom. The number of amides is 1. The van der Waals surface area contributed by atoms with Gasteiger partial charge in [-0.15, -0.1) is 11.3 Å². The molecule has 1 atom stereocenters. The number of nitrogens with one attached hydrogen (secondary N) is 1. The highest BCUT2D eigenvalue weighted by Gasteiger charge is 2.28. The van der Waals surface area contributed by atoms with Crippen molar-refractivity contribution in [2.24, 2.45) is 5.92 Å². The number of thiophene rings is 1. The summed E-state index contributed by atoms with van der Waals surface area (Å²) in [5.74, 6) is 0.340. The Bertz CT molecular complexity index is 656. The van der Waals surface area contributed by atoms with Crippen molar-refractivity contribution in [3.05, 3.63) is 51.7 Å². The average Bonchev–Trinajstić information content (AvgIpc) is 3.24. The fourth-order valence-corrected chi connectivity index (χ4v) is 3.90. The Morgan fingerprint density at radius 3 is 2.61 bits per heavy atom. The van der Waals surface area contributed by atoms with E-state index in [9.17, 15) is 4.79 Å². The topological polar surface area (TPSA) is 32.3 Å². The van der Waals surface area contributed by atoms with E-state index >= 15 is 0 Å². The lowest BCUT2D eigenvalue weighted by molar-refractivity contribution is -0.121. The first-order valence-electron chi connectivity index (χ1n) is 8.33. The van der Waals surface area contributed by atoms with Crippen LogP contribution in [0.4, 0.5) is 5.69 Å². The fourth-order valence-electron chi connectivity index (χ4n) is 3.02. The van der Waals surface area contributed by atoms with E-state index in [1.165, 1.54) is 15.3 Å². The van der Waals surface area contributed by atoms with Gasteiger partial charge in [-0.2, -0.15) is 0 Å². The Morgan fingerprint density at radius 2 is 2.04 bits per heavy atom. The van der Waals surface area contributed by atoms with E-state index < -0.39 is 0 Å². The third-order valence-corrected chi connectivity index (χ3v) is 5.43. The van der Waals surface area contributed by atoms with E-state index in [2.05, 4.69) is 55.6 Å². The highest BCUT2D eigenvalue weighted by molar-refractivity contribution is 7.11. The third kappa shape index (κ3) is 3.82. The van der Waals surface area contributed by atoms with Crippen LogP contribution in [0.2, 0.25) is 0 Å². The second kappa shape index (κ2) is 7.28. The highest BCUT2D eigenvalue weighted by atomic mass is 32.1. The minimum Gasteiger partial charge on any atom is -0.316 e. The molecule has 0 spiro atoms. The maximum absolute atomic E-state index is 13.0. The van der Waals surface area contributed by atoms with Crippen LogP contribution in [0.15, 0.2) is 36.4 Å². The van der Waals surface area contributed by atoms with Crippen LogP contribution in [-0.4, -0.2) is 19.0 Å². The highest BCUT2D eigenvalue weighted by Crippen LogP contribution is 2.25. The lowest BCUT2D eigenvalue weighted by Gasteiger charge is -2.25. The third-order valence-electron chi connectivity index (χ3n) is 4.44. The number of hydrogen-bond acceptors (Lipinski definition) is 3. The van der Waals surface area contributed by atoms with Gasteiger partial charge in [0.1, 0.15) is 0 Å². The monoisotopic (exact) mass is 328 g/mol. The van der Waals surface area contributed by atoms with Gasteiger partial charge in [0.15, 0.2) is 0 Å². The predicted octanol–water partition coefficient (Wildman–Crippen LogP) is 3.76. The summed E-state index contributed by atoms with van der Waals surface area (Å²) >= 11 is 1.77. The number of rotatable bonds is 5. The number of carbonyl (C=O) groups is 1. The van der Waals surface area contributed by atoms with Gasteiger partial charge < -0.3 is 10.2 Å². The van der Waals surface area contributed by atoms with Crippen LogP contribution in [0.1, 0.15) is 28.7 Å². The van der Waals surface area contributed by atoms with Crippen molar-refractivity contribution in [3.63, 3.8) is 0 Å². The lowest BCUT2D eigenvalue weighted by Crippen LogP contribution is -2.36. The predicted molar refractivity (Wildman–Crippen MR) is 97.0 cm³/mol. The van der Waals surface area contributed by atoms with Crippen LogP contribution >= 0.6 is 11.3 Å². The van der Waals surface area contributed by atoms with Gasteiger partial charge in [-0.05, 0) is 56.1 Å². The van der Waals surface area contributed by atoms with Crippen molar-refractivity contribution in [1.82, 2.24) is 5.32 Å². The van der Waals surface area contributed by atoms with E-state index in [0.717, 1.165) is 31.6 Å². The first-order valence-corrected chi connectivity index (χ1v) is 9.15. The van der Waals surface area contributed by atoms with Crippen molar-refractivity contribution >= 4 is 22.9 Å². The number of anilines is 1. The van der Waals surface area contributed by atoms with Gasteiger partial charge in [-0.3, -0.25) is 4.79 Å². The normalized spacial score (nSPS) is 17.4. The van der Waals surface area contributed by atoms with E-state index in [0.29, 0.717) is 6.54 Å². The molecule has 0 saturated carbocycles. The van der Waals surface area contributed by atoms with Gasteiger partial charge in [-0.25, -0.2) is 0 Å². The molecule has 3 rings (SSSR count). The maximum Gasteiger partial charge on any atom is 0.231 e. The molecule has 1 aromatic carbocycles. The Kier molecular flexibility index (Phi) is 5.13. The van der Waals surface area contributed by atoms with Gasteiger partial charge in [0, 0.05) is 22.0 Å². The molecule has 1 aromatic heterocycles. The van der Waals surface area contributed by atoms with Gasteiger partial charge >= 0.3 is 0 Å². The van der Waals surface area contributed by atoms with Crippen LogP contribution in [-0.2, 0) is 17.8 Å². The second-order valence-corrected chi connectivity index (χ2v) is 7.52. The van der Waals surface area contributed by atoms with E-state index in [1.54, 1.807) is 11.3 Å². The zero-order valence-corrected chi connectivity index (χ0v) is 14.7. The molecule has 3 nitrogen and oxygen atoms in total. The van der Waals surface area contributed by atoms with Crippen molar-refractivity contribution in [1.29, 1.82) is 0 Å². The molecule has 122 valence electrons. The molecule has 1 unspecified atom stereocenters. The average molecular weight is 328 g/mol. The van der Waals surface area contributed by atoms with Crippen molar-refractivity contribution in [2.45, 2.75) is 33.2 Å². The SMILES string of the molecule is CCc1ccc(N(Cc2ccc(C)s2)C(=O)C2CCNC2)cc1. The zero-order chi connectivity index (χ0) is 16.2. The zero-order valence-electron chi connectivity index (χ0n) is 13.8. The Labute approximate surface area is 142 Å². The quantitative estimate of drug-likeness (QED) is 0.906. The first-order chi connectivity index (χ1) is 11.2. The van der Waals surface area contributed by atoms with Crippen molar-refractivity contribution < 1.29 is 4.79 Å². The molecule has 1 fully saturated rings. The molecule has 0 radical (unpaired) electrons. The smallest absolute Gasteiger partial charge is 0.231 e. The molecule has 1 saturated heterocycles. The summed E-state index contributed by atoms with van der Waals surface area (Å²) in [6.45, 7) is 6.66. The van der Waals surface area contributed by atoms with E-state index in [4.69, 9.17) is 0 Å². The summed E-state index contributed by atoms with van der Waals surface area (Å²) in [4.78, 5) is 17.5. The molecule has 1 amide bonds. The molecule has 23 heavy (non-hydrogen) atoms. The number of nitrogens with zero attached hydrogens (tertiary/aromatic N) is 1. The molecule has 1 N–H and O–H groups in total. The molecule has 0 aliphatic carbocycles. The van der Waals surface area contributed by atoms with E-state index in [-0.39, 0.29) is 11.8 Å². The molecule has 1 aliphatic heterocycles. The van der Waals surface area contributed by atoms with Crippen LogP contribution < -0.4 is 10.2 Å². The minimum absolute atomic E-state index is 0.0990. The summed E-state index contributed by atoms with van der Waals surface area (Å²) < 4.78 is 0. The summed E-state index contributed by atoms with van der Waals surface area (Å²) in [5, 5.41) is 3.30. The number of benzene rings is 1. The van der Waals surface area contributed by atoms with Crippen LogP contribution in [0, 0.1) is 12.8 Å². The Balaban J connectivity index is 1.86. The Hall–Kier alpha value is -1.65. The summed E-state index contributed by atoms with van der Waals surface area (Å²) in [6, 6.07) is 12.7. The summed E-state index contributed by atoms with van der Waals surface area (Å²) in [7, 11) is 0. The maximum atomic E-state index is 13.0.